The van der Waals surface area contributed by atoms with Gasteiger partial charge < -0.3 is 5.11 Å². The molecule has 0 spiro atoms. The highest BCUT2D eigenvalue weighted by Crippen LogP contribution is 2.48. The van der Waals surface area contributed by atoms with Crippen LogP contribution in [0.4, 0.5) is 0 Å². The molecular weight excluding hydrogens is 332 g/mol. The van der Waals surface area contributed by atoms with E-state index in [2.05, 4.69) is 20.0 Å². The summed E-state index contributed by atoms with van der Waals surface area (Å²) in [7, 11) is -0.962. The Morgan fingerprint density at radius 3 is 1.46 bits per heavy atom. The molecule has 3 saturated carbocycles. The van der Waals surface area contributed by atoms with Crippen molar-refractivity contribution in [1.82, 2.24) is 0 Å². The van der Waals surface area contributed by atoms with Gasteiger partial charge in [-0.1, -0.05) is 64.6 Å². The van der Waals surface area contributed by atoms with Crippen molar-refractivity contribution in [3.63, 3.8) is 0 Å². The molecular formula is C24H46OSi. The second kappa shape index (κ2) is 9.59. The van der Waals surface area contributed by atoms with E-state index >= 15 is 0 Å². The first-order valence-corrected chi connectivity index (χ1v) is 15.5. The fourth-order valence-corrected chi connectivity index (χ4v) is 10.4. The maximum atomic E-state index is 9.77. The van der Waals surface area contributed by atoms with E-state index in [1.165, 1.54) is 51.4 Å². The van der Waals surface area contributed by atoms with Gasteiger partial charge >= 0.3 is 0 Å². The number of unbranched alkanes of at least 4 members (excludes halogenated alkanes) is 1. The Kier molecular flexibility index (Phi) is 7.71. The molecule has 26 heavy (non-hydrogen) atoms. The summed E-state index contributed by atoms with van der Waals surface area (Å²) >= 11 is 0. The molecule has 3 rings (SSSR count). The van der Waals surface area contributed by atoms with Gasteiger partial charge in [-0.05, 0) is 80.6 Å². The summed E-state index contributed by atoms with van der Waals surface area (Å²) in [5.41, 5.74) is 1.12. The molecule has 2 heteroatoms. The molecule has 0 atom stereocenters. The Labute approximate surface area is 164 Å². The third-order valence-corrected chi connectivity index (χ3v) is 13.4. The number of aliphatic hydroxyl groups excluding tert-OH is 1. The average molecular weight is 379 g/mol. The van der Waals surface area contributed by atoms with E-state index in [1.807, 2.05) is 0 Å². The maximum Gasteiger partial charge on any atom is 0.0540 e. The molecule has 0 aromatic heterocycles. The van der Waals surface area contributed by atoms with Crippen LogP contribution in [0.15, 0.2) is 0 Å². The fraction of sp³-hybridized carbons (Fsp3) is 1.00. The van der Waals surface area contributed by atoms with Gasteiger partial charge in [-0.15, -0.1) is 0 Å². The molecule has 152 valence electrons. The zero-order valence-electron chi connectivity index (χ0n) is 18.0. The van der Waals surface area contributed by atoms with Crippen LogP contribution in [0, 0.1) is 23.7 Å². The van der Waals surface area contributed by atoms with Crippen molar-refractivity contribution in [2.75, 3.05) is 0 Å². The average Bonchev–Trinajstić information content (AvgIpc) is 2.67. The minimum Gasteiger partial charge on any atom is -0.393 e. The van der Waals surface area contributed by atoms with Gasteiger partial charge in [0.2, 0.25) is 0 Å². The maximum absolute atomic E-state index is 9.77. The van der Waals surface area contributed by atoms with Gasteiger partial charge in [-0.25, -0.2) is 0 Å². The van der Waals surface area contributed by atoms with Crippen molar-refractivity contribution in [1.29, 1.82) is 0 Å². The zero-order valence-corrected chi connectivity index (χ0v) is 19.0. The van der Waals surface area contributed by atoms with Crippen LogP contribution in [0.5, 0.6) is 0 Å². The van der Waals surface area contributed by atoms with Crippen LogP contribution in [0.2, 0.25) is 24.7 Å². The molecule has 3 fully saturated rings. The lowest BCUT2D eigenvalue weighted by molar-refractivity contribution is 0.0688. The van der Waals surface area contributed by atoms with E-state index in [0.717, 1.165) is 42.1 Å². The third kappa shape index (κ3) is 5.37. The highest BCUT2D eigenvalue weighted by atomic mass is 28.3. The molecule has 0 saturated heterocycles. The van der Waals surface area contributed by atoms with Crippen LogP contribution in [-0.2, 0) is 0 Å². The van der Waals surface area contributed by atoms with E-state index in [4.69, 9.17) is 0 Å². The second-order valence-corrected chi connectivity index (χ2v) is 16.2. The molecule has 3 aliphatic rings. The van der Waals surface area contributed by atoms with E-state index in [-0.39, 0.29) is 6.10 Å². The predicted molar refractivity (Wildman–Crippen MR) is 116 cm³/mol. The van der Waals surface area contributed by atoms with Gasteiger partial charge in [0.1, 0.15) is 0 Å². The smallest absolute Gasteiger partial charge is 0.0540 e. The van der Waals surface area contributed by atoms with Crippen LogP contribution < -0.4 is 0 Å². The zero-order chi connectivity index (χ0) is 18.6. The van der Waals surface area contributed by atoms with Crippen LogP contribution in [-0.4, -0.2) is 19.3 Å². The Morgan fingerprint density at radius 2 is 1.04 bits per heavy atom. The Bertz CT molecular complexity index is 396. The normalized spacial score (nSPS) is 39.7. The highest BCUT2D eigenvalue weighted by molar-refractivity contribution is 6.78. The van der Waals surface area contributed by atoms with Gasteiger partial charge in [0, 0.05) is 0 Å². The molecule has 0 bridgehead atoms. The topological polar surface area (TPSA) is 20.2 Å². The first-order chi connectivity index (χ1) is 12.5. The summed E-state index contributed by atoms with van der Waals surface area (Å²) < 4.78 is 0. The van der Waals surface area contributed by atoms with Crippen LogP contribution in [0.25, 0.3) is 0 Å². The molecule has 0 heterocycles. The minimum absolute atomic E-state index is 0.0166. The molecule has 0 amide bonds. The minimum atomic E-state index is -0.962. The Hall–Kier alpha value is 0.177. The lowest BCUT2D eigenvalue weighted by Crippen LogP contribution is -2.36. The lowest BCUT2D eigenvalue weighted by atomic mass is 9.66. The Morgan fingerprint density at radius 1 is 0.654 bits per heavy atom. The van der Waals surface area contributed by atoms with Crippen molar-refractivity contribution < 1.29 is 5.11 Å². The number of rotatable bonds is 6. The van der Waals surface area contributed by atoms with Crippen molar-refractivity contribution in [3.8, 4) is 0 Å². The summed E-state index contributed by atoms with van der Waals surface area (Å²) in [6.45, 7) is 7.72. The second-order valence-electron chi connectivity index (χ2n) is 10.9. The lowest BCUT2D eigenvalue weighted by Gasteiger charge is -2.43. The monoisotopic (exact) mass is 378 g/mol. The molecule has 0 aliphatic heterocycles. The third-order valence-electron chi connectivity index (χ3n) is 8.94. The molecule has 0 aromatic rings. The summed E-state index contributed by atoms with van der Waals surface area (Å²) in [5, 5.41) is 9.77. The summed E-state index contributed by atoms with van der Waals surface area (Å²) in [6, 6.07) is 1.57. The molecule has 0 unspecified atom stereocenters. The SMILES string of the molecule is CCCC[Si](C)(C)C1CCC(C2CCC(C3CCC(O)CC3)CC2)CC1. The van der Waals surface area contributed by atoms with Crippen LogP contribution in [0.1, 0.15) is 96.8 Å². The van der Waals surface area contributed by atoms with E-state index in [9.17, 15) is 5.11 Å². The predicted octanol–water partition coefficient (Wildman–Crippen LogP) is 7.41. The summed E-state index contributed by atoms with van der Waals surface area (Å²) in [6.07, 6.45) is 19.9. The number of hydrogen-bond acceptors (Lipinski definition) is 1. The van der Waals surface area contributed by atoms with Gasteiger partial charge in [0.05, 0.1) is 14.2 Å². The standard InChI is InChI=1S/C24H46OSi/c1-4-5-18-26(2,3)24-16-12-22(13-17-24)20-8-6-19(7-9-20)21-10-14-23(25)15-11-21/h19-25H,4-18H2,1-3H3. The molecule has 0 aromatic carbocycles. The van der Waals surface area contributed by atoms with Crippen molar-refractivity contribution in [2.24, 2.45) is 23.7 Å². The quantitative estimate of drug-likeness (QED) is 0.477. The largest absolute Gasteiger partial charge is 0.393 e. The van der Waals surface area contributed by atoms with Crippen molar-refractivity contribution in [3.05, 3.63) is 0 Å². The van der Waals surface area contributed by atoms with Crippen molar-refractivity contribution >= 4 is 8.07 Å². The Balaban J connectivity index is 1.39. The van der Waals surface area contributed by atoms with E-state index < -0.39 is 8.07 Å². The fourth-order valence-electron chi connectivity index (χ4n) is 6.87. The first kappa shape index (κ1) is 20.9. The molecule has 3 aliphatic carbocycles. The molecule has 1 N–H and O–H groups in total. The highest BCUT2D eigenvalue weighted by Gasteiger charge is 2.38. The molecule has 1 nitrogen and oxygen atoms in total. The van der Waals surface area contributed by atoms with Gasteiger partial charge in [0.15, 0.2) is 0 Å². The summed E-state index contributed by atoms with van der Waals surface area (Å²) in [5.74, 6) is 4.06. The molecule has 0 radical (unpaired) electrons. The first-order valence-electron chi connectivity index (χ1n) is 12.2. The number of hydrogen-bond donors (Lipinski definition) is 1. The van der Waals surface area contributed by atoms with Crippen LogP contribution in [0.3, 0.4) is 0 Å². The number of aliphatic hydroxyl groups is 1. The van der Waals surface area contributed by atoms with E-state index in [1.54, 1.807) is 31.7 Å². The van der Waals surface area contributed by atoms with Gasteiger partial charge in [-0.3, -0.25) is 0 Å². The van der Waals surface area contributed by atoms with Crippen LogP contribution >= 0.6 is 0 Å². The van der Waals surface area contributed by atoms with Gasteiger partial charge in [-0.2, -0.15) is 0 Å². The summed E-state index contributed by atoms with van der Waals surface area (Å²) in [4.78, 5) is 0. The van der Waals surface area contributed by atoms with E-state index in [0.29, 0.717) is 0 Å². The van der Waals surface area contributed by atoms with Crippen molar-refractivity contribution in [2.45, 2.75) is 128 Å². The van der Waals surface area contributed by atoms with Gasteiger partial charge in [0.25, 0.3) is 0 Å².